The van der Waals surface area contributed by atoms with Crippen molar-refractivity contribution in [1.29, 1.82) is 0 Å². The molecule has 3 aromatic carbocycles. The number of aliphatic hydroxyl groups is 1. The summed E-state index contributed by atoms with van der Waals surface area (Å²) in [6, 6.07) is 23.0. The van der Waals surface area contributed by atoms with Gasteiger partial charge in [-0.1, -0.05) is 63.2 Å². The van der Waals surface area contributed by atoms with Crippen LogP contribution in [-0.2, 0) is 10.2 Å². The molecule has 1 unspecified atom stereocenters. The lowest BCUT2D eigenvalue weighted by Gasteiger charge is -2.28. The molecule has 4 aromatic rings. The molecule has 1 N–H and O–H groups in total. The Labute approximate surface area is 222 Å². The number of aliphatic hydroxyl groups excluding tert-OH is 1. The van der Waals surface area contributed by atoms with Crippen LogP contribution in [0.3, 0.4) is 0 Å². The predicted molar refractivity (Wildman–Crippen MR) is 148 cm³/mol. The van der Waals surface area contributed by atoms with Gasteiger partial charge in [0.05, 0.1) is 17.7 Å². The molecular weight excluding hydrogens is 478 g/mol. The Hall–Kier alpha value is -4.32. The monoisotopic (exact) mass is 509 g/mol. The second-order valence-electron chi connectivity index (χ2n) is 10.9. The normalized spacial score (nSPS) is 16.1. The second kappa shape index (κ2) is 9.53. The number of carbonyl (C=O) groups excluding carboxylic acids is 2. The van der Waals surface area contributed by atoms with Crippen LogP contribution in [0.5, 0.6) is 5.75 Å². The van der Waals surface area contributed by atoms with E-state index < -0.39 is 23.5 Å². The number of furan rings is 1. The van der Waals surface area contributed by atoms with Crippen LogP contribution in [0.1, 0.15) is 62.3 Å². The Morgan fingerprint density at radius 2 is 1.63 bits per heavy atom. The molecule has 1 aliphatic rings. The molecule has 0 radical (unpaired) electrons. The number of benzene rings is 3. The van der Waals surface area contributed by atoms with Crippen LogP contribution in [0, 0.1) is 0 Å². The van der Waals surface area contributed by atoms with Gasteiger partial charge < -0.3 is 14.3 Å². The number of amides is 1. The first-order chi connectivity index (χ1) is 18.0. The fourth-order valence-corrected chi connectivity index (χ4v) is 4.77. The van der Waals surface area contributed by atoms with Crippen molar-refractivity contribution in [2.45, 2.75) is 52.2 Å². The molecule has 0 aliphatic carbocycles. The fraction of sp³-hybridized carbons (Fsp3) is 0.250. The number of rotatable bonds is 6. The topological polar surface area (TPSA) is 80.0 Å². The van der Waals surface area contributed by atoms with Gasteiger partial charge in [-0.3, -0.25) is 14.5 Å². The van der Waals surface area contributed by atoms with E-state index in [0.29, 0.717) is 22.6 Å². The minimum atomic E-state index is -0.839. The van der Waals surface area contributed by atoms with Gasteiger partial charge in [-0.2, -0.15) is 0 Å². The number of nitrogens with zero attached hydrogens (tertiary/aromatic N) is 1. The number of anilines is 1. The standard InChI is InChI=1S/C32H31NO5/c1-19(2)37-24-16-14-23(15-17-24)33-28(20-10-12-22(13-11-20)32(3,4)5)27(30(35)31(33)36)29(34)26-18-21-8-6-7-9-25(21)38-26/h6-19,28,35H,1-5H3. The summed E-state index contributed by atoms with van der Waals surface area (Å²) >= 11 is 0. The van der Waals surface area contributed by atoms with Crippen LogP contribution in [0.2, 0.25) is 0 Å². The molecule has 38 heavy (non-hydrogen) atoms. The molecule has 1 aromatic heterocycles. The lowest BCUT2D eigenvalue weighted by atomic mass is 9.85. The summed E-state index contributed by atoms with van der Waals surface area (Å²) < 4.78 is 11.6. The molecular formula is C32H31NO5. The number of Topliss-reactive ketones (excluding diaryl/α,β-unsaturated/α-hetero) is 1. The number of hydrogen-bond donors (Lipinski definition) is 1. The molecule has 2 heterocycles. The Bertz CT molecular complexity index is 1500. The molecule has 0 spiro atoms. The van der Waals surface area contributed by atoms with Crippen molar-refractivity contribution < 1.29 is 23.8 Å². The van der Waals surface area contributed by atoms with Gasteiger partial charge in [0.15, 0.2) is 11.5 Å². The van der Waals surface area contributed by atoms with Crippen molar-refractivity contribution in [2.75, 3.05) is 4.90 Å². The van der Waals surface area contributed by atoms with Crippen LogP contribution >= 0.6 is 0 Å². The summed E-state index contributed by atoms with van der Waals surface area (Å²) in [5.74, 6) is -1.02. The van der Waals surface area contributed by atoms with E-state index >= 15 is 0 Å². The lowest BCUT2D eigenvalue weighted by Crippen LogP contribution is -2.31. The lowest BCUT2D eigenvalue weighted by molar-refractivity contribution is -0.117. The minimum absolute atomic E-state index is 0.00194. The molecule has 5 rings (SSSR count). The zero-order valence-electron chi connectivity index (χ0n) is 22.2. The average Bonchev–Trinajstić information content (AvgIpc) is 3.43. The summed E-state index contributed by atoms with van der Waals surface area (Å²) in [6.07, 6.45) is 0.00194. The summed E-state index contributed by atoms with van der Waals surface area (Å²) in [7, 11) is 0. The van der Waals surface area contributed by atoms with Crippen molar-refractivity contribution >= 4 is 28.3 Å². The summed E-state index contributed by atoms with van der Waals surface area (Å²) in [5, 5.41) is 11.9. The van der Waals surface area contributed by atoms with E-state index in [4.69, 9.17) is 9.15 Å². The third-order valence-electron chi connectivity index (χ3n) is 6.68. The third kappa shape index (κ3) is 4.58. The van der Waals surface area contributed by atoms with Gasteiger partial charge in [-0.25, -0.2) is 0 Å². The maximum absolute atomic E-state index is 13.8. The average molecular weight is 510 g/mol. The summed E-state index contributed by atoms with van der Waals surface area (Å²) in [5.41, 5.74) is 2.84. The highest BCUT2D eigenvalue weighted by Crippen LogP contribution is 2.43. The maximum Gasteiger partial charge on any atom is 0.294 e. The first-order valence-electron chi connectivity index (χ1n) is 12.7. The van der Waals surface area contributed by atoms with Crippen molar-refractivity contribution in [3.63, 3.8) is 0 Å². The smallest absolute Gasteiger partial charge is 0.294 e. The Morgan fingerprint density at radius 3 is 2.24 bits per heavy atom. The van der Waals surface area contributed by atoms with Gasteiger partial charge in [-0.05, 0) is 66.8 Å². The molecule has 1 atom stereocenters. The van der Waals surface area contributed by atoms with Gasteiger partial charge in [0, 0.05) is 11.1 Å². The molecule has 0 fully saturated rings. The minimum Gasteiger partial charge on any atom is -0.503 e. The molecule has 6 nitrogen and oxygen atoms in total. The second-order valence-corrected chi connectivity index (χ2v) is 10.9. The largest absolute Gasteiger partial charge is 0.503 e. The quantitative estimate of drug-likeness (QED) is 0.276. The molecule has 0 saturated heterocycles. The maximum atomic E-state index is 13.8. The third-order valence-corrected chi connectivity index (χ3v) is 6.68. The van der Waals surface area contributed by atoms with E-state index in [2.05, 4.69) is 20.8 Å². The van der Waals surface area contributed by atoms with Crippen LogP contribution in [0.25, 0.3) is 11.0 Å². The SMILES string of the molecule is CC(C)Oc1ccc(N2C(=O)C(O)=C(C(=O)c3cc4ccccc4o3)C2c2ccc(C(C)(C)C)cc2)cc1. The molecule has 194 valence electrons. The highest BCUT2D eigenvalue weighted by Gasteiger charge is 2.45. The Balaban J connectivity index is 1.61. The number of ether oxygens (including phenoxy) is 1. The van der Waals surface area contributed by atoms with E-state index in [-0.39, 0.29) is 22.9 Å². The van der Waals surface area contributed by atoms with E-state index in [1.54, 1.807) is 36.4 Å². The van der Waals surface area contributed by atoms with E-state index in [1.165, 1.54) is 4.90 Å². The van der Waals surface area contributed by atoms with Gasteiger partial charge in [0.25, 0.3) is 5.91 Å². The first-order valence-corrected chi connectivity index (χ1v) is 12.7. The number of ketones is 1. The molecule has 0 saturated carbocycles. The van der Waals surface area contributed by atoms with Crippen molar-refractivity contribution in [3.05, 3.63) is 107 Å². The van der Waals surface area contributed by atoms with Gasteiger partial charge in [0.2, 0.25) is 5.78 Å². The molecule has 1 aliphatic heterocycles. The van der Waals surface area contributed by atoms with Crippen LogP contribution in [-0.4, -0.2) is 22.9 Å². The first kappa shape index (κ1) is 25.3. The molecule has 0 bridgehead atoms. The van der Waals surface area contributed by atoms with E-state index in [9.17, 15) is 14.7 Å². The molecule has 1 amide bonds. The Kier molecular flexibility index (Phi) is 6.35. The van der Waals surface area contributed by atoms with Crippen LogP contribution < -0.4 is 9.64 Å². The molecule has 6 heteroatoms. The number of para-hydroxylation sites is 1. The predicted octanol–water partition coefficient (Wildman–Crippen LogP) is 7.30. The highest BCUT2D eigenvalue weighted by molar-refractivity contribution is 6.20. The van der Waals surface area contributed by atoms with Gasteiger partial charge >= 0.3 is 0 Å². The number of fused-ring (bicyclic) bond motifs is 1. The van der Waals surface area contributed by atoms with E-state index in [1.807, 2.05) is 56.3 Å². The van der Waals surface area contributed by atoms with Crippen molar-refractivity contribution in [1.82, 2.24) is 0 Å². The zero-order chi connectivity index (χ0) is 27.2. The van der Waals surface area contributed by atoms with Gasteiger partial charge in [-0.15, -0.1) is 0 Å². The van der Waals surface area contributed by atoms with E-state index in [0.717, 1.165) is 10.9 Å². The number of hydrogen-bond acceptors (Lipinski definition) is 5. The fourth-order valence-electron chi connectivity index (χ4n) is 4.77. The zero-order valence-corrected chi connectivity index (χ0v) is 22.2. The Morgan fingerprint density at radius 1 is 0.974 bits per heavy atom. The van der Waals surface area contributed by atoms with Crippen LogP contribution in [0.15, 0.2) is 94.6 Å². The highest BCUT2D eigenvalue weighted by atomic mass is 16.5. The summed E-state index contributed by atoms with van der Waals surface area (Å²) in [4.78, 5) is 28.8. The van der Waals surface area contributed by atoms with Crippen molar-refractivity contribution in [2.24, 2.45) is 0 Å². The van der Waals surface area contributed by atoms with Crippen molar-refractivity contribution in [3.8, 4) is 5.75 Å². The van der Waals surface area contributed by atoms with Crippen LogP contribution in [0.4, 0.5) is 5.69 Å². The summed E-state index contributed by atoms with van der Waals surface area (Å²) in [6.45, 7) is 10.2. The number of carbonyl (C=O) groups is 2. The van der Waals surface area contributed by atoms with Gasteiger partial charge in [0.1, 0.15) is 11.3 Å².